The van der Waals surface area contributed by atoms with Crippen LogP contribution in [-0.2, 0) is 0 Å². The molecule has 0 spiro atoms. The Morgan fingerprint density at radius 1 is 1.19 bits per heavy atom. The first-order valence-electron chi connectivity index (χ1n) is 9.24. The first-order chi connectivity index (χ1) is 12.7. The summed E-state index contributed by atoms with van der Waals surface area (Å²) in [5.41, 5.74) is 3.09. The number of hydrogen-bond acceptors (Lipinski definition) is 4. The minimum absolute atomic E-state index is 0.0795. The van der Waals surface area contributed by atoms with Crippen molar-refractivity contribution in [1.82, 2.24) is 14.9 Å². The number of aliphatic imine (C=N–C) groups is 1. The average Bonchev–Trinajstić information content (AvgIpc) is 2.61. The van der Waals surface area contributed by atoms with Crippen LogP contribution in [0.5, 0.6) is 11.6 Å². The Labute approximate surface area is 162 Å². The van der Waals surface area contributed by atoms with Gasteiger partial charge in [-0.2, -0.15) is 4.98 Å². The van der Waals surface area contributed by atoms with Crippen molar-refractivity contribution < 1.29 is 4.74 Å². The van der Waals surface area contributed by atoms with Gasteiger partial charge in [0.1, 0.15) is 5.75 Å². The van der Waals surface area contributed by atoms with Gasteiger partial charge in [-0.1, -0.05) is 26.8 Å². The second kappa shape index (κ2) is 8.80. The molecule has 5 heteroatoms. The molecule has 0 radical (unpaired) electrons. The smallest absolute Gasteiger partial charge is 0.222 e. The summed E-state index contributed by atoms with van der Waals surface area (Å²) in [7, 11) is 2.00. The van der Waals surface area contributed by atoms with Crippen molar-refractivity contribution in [3.63, 3.8) is 0 Å². The molecule has 0 aliphatic carbocycles. The van der Waals surface area contributed by atoms with Crippen LogP contribution in [0.4, 0.5) is 5.69 Å². The van der Waals surface area contributed by atoms with Crippen LogP contribution in [-0.4, -0.2) is 34.8 Å². The molecule has 0 amide bonds. The number of aryl methyl sites for hydroxylation is 2. The fourth-order valence-electron chi connectivity index (χ4n) is 2.20. The molecule has 5 nitrogen and oxygen atoms in total. The third-order valence-electron chi connectivity index (χ3n) is 3.98. The maximum absolute atomic E-state index is 6.02. The van der Waals surface area contributed by atoms with Gasteiger partial charge in [0.2, 0.25) is 5.88 Å². The quantitative estimate of drug-likeness (QED) is 0.496. The molecule has 0 aliphatic heterocycles. The summed E-state index contributed by atoms with van der Waals surface area (Å²) in [6.07, 6.45) is 7.57. The third kappa shape index (κ3) is 6.51. The zero-order valence-electron chi connectivity index (χ0n) is 17.4. The van der Waals surface area contributed by atoms with E-state index in [0.29, 0.717) is 11.7 Å². The van der Waals surface area contributed by atoms with Crippen LogP contribution >= 0.6 is 0 Å². The van der Waals surface area contributed by atoms with Gasteiger partial charge >= 0.3 is 0 Å². The Bertz CT molecular complexity index is 835. The van der Waals surface area contributed by atoms with Crippen LogP contribution in [0.25, 0.3) is 6.08 Å². The van der Waals surface area contributed by atoms with Crippen LogP contribution in [0.3, 0.4) is 0 Å². The topological polar surface area (TPSA) is 50.6 Å². The van der Waals surface area contributed by atoms with Crippen molar-refractivity contribution in [1.29, 1.82) is 0 Å². The molecule has 0 unspecified atom stereocenters. The molecule has 0 saturated heterocycles. The zero-order valence-corrected chi connectivity index (χ0v) is 17.4. The van der Waals surface area contributed by atoms with Gasteiger partial charge in [0.05, 0.1) is 12.0 Å². The maximum Gasteiger partial charge on any atom is 0.222 e. The lowest BCUT2D eigenvalue weighted by atomic mass is 9.96. The van der Waals surface area contributed by atoms with Crippen LogP contribution < -0.4 is 4.74 Å². The summed E-state index contributed by atoms with van der Waals surface area (Å²) in [6.45, 7) is 13.5. The lowest BCUT2D eigenvalue weighted by Crippen LogP contribution is -2.14. The van der Waals surface area contributed by atoms with E-state index < -0.39 is 0 Å². The van der Waals surface area contributed by atoms with Gasteiger partial charge in [-0.15, -0.1) is 0 Å². The molecule has 144 valence electrons. The highest BCUT2D eigenvalue weighted by molar-refractivity contribution is 5.64. The molecule has 27 heavy (non-hydrogen) atoms. The lowest BCUT2D eigenvalue weighted by molar-refractivity contribution is 0.457. The molecule has 0 atom stereocenters. The molecule has 2 rings (SSSR count). The molecular formula is C22H30N4O. The second-order valence-corrected chi connectivity index (χ2v) is 7.78. The number of rotatable bonds is 6. The molecule has 2 aromatic rings. The first kappa shape index (κ1) is 20.6. The largest absolute Gasteiger partial charge is 0.439 e. The number of ether oxygens (including phenoxy) is 1. The van der Waals surface area contributed by atoms with Gasteiger partial charge in [-0.05, 0) is 55.5 Å². The van der Waals surface area contributed by atoms with Crippen molar-refractivity contribution in [2.75, 3.05) is 13.6 Å². The number of allylic oxidation sites excluding steroid dienone is 1. The van der Waals surface area contributed by atoms with E-state index in [1.807, 2.05) is 50.3 Å². The second-order valence-electron chi connectivity index (χ2n) is 7.78. The minimum atomic E-state index is 0.0795. The van der Waals surface area contributed by atoms with E-state index >= 15 is 0 Å². The lowest BCUT2D eigenvalue weighted by Gasteiger charge is -2.13. The average molecular weight is 367 g/mol. The number of nitrogens with zero attached hydrogens (tertiary/aromatic N) is 4. The highest BCUT2D eigenvalue weighted by atomic mass is 16.5. The standard InChI is InChI=1S/C22H30N4O/c1-8-26(7)15-24-18-13-17(3)19(14-16(18)2)27-21-10-12-23-20(25-21)9-11-22(4,5)6/h9-15H,8H2,1-7H3/b11-9+,24-15+. The molecule has 1 heterocycles. The van der Waals surface area contributed by atoms with Crippen LogP contribution in [0, 0.1) is 19.3 Å². The van der Waals surface area contributed by atoms with E-state index in [-0.39, 0.29) is 5.41 Å². The number of aromatic nitrogens is 2. The highest BCUT2D eigenvalue weighted by Gasteiger charge is 2.09. The molecule has 0 bridgehead atoms. The minimum Gasteiger partial charge on any atom is -0.439 e. The number of hydrogen-bond donors (Lipinski definition) is 0. The first-order valence-corrected chi connectivity index (χ1v) is 9.24. The Kier molecular flexibility index (Phi) is 6.72. The molecule has 0 saturated carbocycles. The fourth-order valence-corrected chi connectivity index (χ4v) is 2.20. The van der Waals surface area contributed by atoms with Crippen molar-refractivity contribution in [2.45, 2.75) is 41.5 Å². The van der Waals surface area contributed by atoms with Crippen molar-refractivity contribution in [3.05, 3.63) is 47.4 Å². The van der Waals surface area contributed by atoms with Gasteiger partial charge in [-0.3, -0.25) is 0 Å². The summed E-state index contributed by atoms with van der Waals surface area (Å²) in [6, 6.07) is 5.80. The predicted octanol–water partition coefficient (Wildman–Crippen LogP) is 5.56. The van der Waals surface area contributed by atoms with Crippen LogP contribution in [0.15, 0.2) is 35.5 Å². The summed E-state index contributed by atoms with van der Waals surface area (Å²) in [5.74, 6) is 1.95. The van der Waals surface area contributed by atoms with Crippen molar-refractivity contribution in [2.24, 2.45) is 10.4 Å². The van der Waals surface area contributed by atoms with E-state index in [4.69, 9.17) is 4.74 Å². The van der Waals surface area contributed by atoms with E-state index in [1.54, 1.807) is 12.3 Å². The Morgan fingerprint density at radius 3 is 2.59 bits per heavy atom. The highest BCUT2D eigenvalue weighted by Crippen LogP contribution is 2.30. The fraction of sp³-hybridized carbons (Fsp3) is 0.409. The molecule has 0 aliphatic rings. The van der Waals surface area contributed by atoms with Gasteiger partial charge in [-0.25, -0.2) is 9.98 Å². The van der Waals surface area contributed by atoms with Gasteiger partial charge < -0.3 is 9.64 Å². The summed E-state index contributed by atoms with van der Waals surface area (Å²) < 4.78 is 6.02. The van der Waals surface area contributed by atoms with E-state index in [1.165, 1.54) is 0 Å². The van der Waals surface area contributed by atoms with Crippen LogP contribution in [0.2, 0.25) is 0 Å². The molecular weight excluding hydrogens is 336 g/mol. The van der Waals surface area contributed by atoms with Crippen molar-refractivity contribution in [3.8, 4) is 11.6 Å². The Balaban J connectivity index is 2.22. The molecule has 0 N–H and O–H groups in total. The van der Waals surface area contributed by atoms with E-state index in [2.05, 4.69) is 48.7 Å². The normalized spacial score (nSPS) is 12.1. The predicted molar refractivity (Wildman–Crippen MR) is 113 cm³/mol. The maximum atomic E-state index is 6.02. The molecule has 0 fully saturated rings. The number of benzene rings is 1. The van der Waals surface area contributed by atoms with Gasteiger partial charge in [0.15, 0.2) is 5.82 Å². The van der Waals surface area contributed by atoms with E-state index in [0.717, 1.165) is 29.1 Å². The molecule has 1 aromatic carbocycles. The van der Waals surface area contributed by atoms with Gasteiger partial charge in [0.25, 0.3) is 0 Å². The van der Waals surface area contributed by atoms with E-state index in [9.17, 15) is 0 Å². The van der Waals surface area contributed by atoms with Crippen LogP contribution in [0.1, 0.15) is 44.6 Å². The summed E-state index contributed by atoms with van der Waals surface area (Å²) in [4.78, 5) is 15.4. The van der Waals surface area contributed by atoms with Crippen molar-refractivity contribution >= 4 is 18.1 Å². The Morgan fingerprint density at radius 2 is 1.93 bits per heavy atom. The SMILES string of the molecule is CCN(C)/C=N/c1cc(C)c(Oc2ccnc(/C=C/C(C)(C)C)n2)cc1C. The Hall–Kier alpha value is -2.69. The molecule has 1 aromatic heterocycles. The summed E-state index contributed by atoms with van der Waals surface area (Å²) >= 11 is 0. The zero-order chi connectivity index (χ0) is 20.0. The third-order valence-corrected chi connectivity index (χ3v) is 3.98. The van der Waals surface area contributed by atoms with Gasteiger partial charge in [0, 0.05) is 25.9 Å². The monoisotopic (exact) mass is 366 g/mol. The summed E-state index contributed by atoms with van der Waals surface area (Å²) in [5, 5.41) is 0.